The second kappa shape index (κ2) is 22.8. The Morgan fingerprint density at radius 3 is 2.10 bits per heavy atom. The van der Waals surface area contributed by atoms with Crippen LogP contribution in [-0.4, -0.2) is 91.2 Å². The van der Waals surface area contributed by atoms with Gasteiger partial charge in [-0.25, -0.2) is 24.9 Å². The third-order valence-electron chi connectivity index (χ3n) is 12.2. The number of rotatable bonds is 18. The van der Waals surface area contributed by atoms with Crippen LogP contribution in [0, 0.1) is 0 Å². The van der Waals surface area contributed by atoms with E-state index >= 15 is 0 Å². The number of ether oxygens (including phenoxy) is 1. The van der Waals surface area contributed by atoms with Crippen molar-refractivity contribution in [2.45, 2.75) is 0 Å². The summed E-state index contributed by atoms with van der Waals surface area (Å²) < 4.78 is 5.64. The molecule has 19 heteroatoms. The Kier molecular flexibility index (Phi) is 14.8. The number of pyridine rings is 1. The average Bonchev–Trinajstić information content (AvgIpc) is 4.14. The van der Waals surface area contributed by atoms with Crippen LogP contribution in [0.25, 0.3) is 55.6 Å². The van der Waals surface area contributed by atoms with E-state index in [0.29, 0.717) is 103 Å². The van der Waals surface area contributed by atoms with E-state index in [0.717, 1.165) is 16.5 Å². The van der Waals surface area contributed by atoms with Gasteiger partial charge in [-0.05, 0) is 117 Å². The largest absolute Gasteiger partial charge is 0.493 e. The number of fused-ring (bicyclic) bond motifs is 2. The van der Waals surface area contributed by atoms with E-state index in [4.69, 9.17) is 19.7 Å². The predicted octanol–water partition coefficient (Wildman–Crippen LogP) is 10.8. The van der Waals surface area contributed by atoms with Crippen molar-refractivity contribution < 1.29 is 23.9 Å². The number of aromatic amines is 2. The number of aromatic nitrogens is 7. The maximum atomic E-state index is 14.2. The minimum Gasteiger partial charge on any atom is -0.493 e. The second-order valence-electron chi connectivity index (χ2n) is 18.0. The first kappa shape index (κ1) is 50.7. The zero-order valence-corrected chi connectivity index (χ0v) is 42.4. The summed E-state index contributed by atoms with van der Waals surface area (Å²) in [6.07, 6.45) is 13.0. The fraction of sp³-hybridized carbons (Fsp3) is 0.0678. The Morgan fingerprint density at radius 2 is 1.32 bits per heavy atom. The van der Waals surface area contributed by atoms with Gasteiger partial charge in [0, 0.05) is 121 Å². The van der Waals surface area contributed by atoms with Crippen LogP contribution in [0.2, 0.25) is 0 Å². The lowest BCUT2D eigenvalue weighted by atomic mass is 9.99. The number of carbonyl (C=O) groups is 4. The van der Waals surface area contributed by atoms with Gasteiger partial charge in [-0.2, -0.15) is 0 Å². The van der Waals surface area contributed by atoms with Gasteiger partial charge in [0.25, 0.3) is 11.8 Å². The Bertz CT molecular complexity index is 3940. The molecule has 0 bridgehead atoms. The second-order valence-corrected chi connectivity index (χ2v) is 18.0. The highest BCUT2D eigenvalue weighted by Crippen LogP contribution is 2.37. The summed E-state index contributed by atoms with van der Waals surface area (Å²) in [5.41, 5.74) is 9.41. The predicted molar refractivity (Wildman–Crippen MR) is 305 cm³/mol. The smallest absolute Gasteiger partial charge is 0.255 e. The summed E-state index contributed by atoms with van der Waals surface area (Å²) in [7, 11) is 5.40. The molecule has 5 heterocycles. The number of benzene rings is 5. The lowest BCUT2D eigenvalue weighted by Crippen LogP contribution is -2.14. The van der Waals surface area contributed by atoms with Gasteiger partial charge in [0.1, 0.15) is 11.3 Å². The summed E-state index contributed by atoms with van der Waals surface area (Å²) in [4.78, 5) is 84.2. The Labute approximate surface area is 447 Å². The van der Waals surface area contributed by atoms with Gasteiger partial charge < -0.3 is 51.5 Å². The number of para-hydroxylation sites is 1. The van der Waals surface area contributed by atoms with E-state index < -0.39 is 5.91 Å². The van der Waals surface area contributed by atoms with E-state index in [1.807, 2.05) is 61.6 Å². The molecule has 0 aliphatic heterocycles. The van der Waals surface area contributed by atoms with E-state index in [9.17, 15) is 19.2 Å². The molecule has 0 aliphatic carbocycles. The van der Waals surface area contributed by atoms with Crippen LogP contribution < -0.4 is 36.6 Å². The Hall–Kier alpha value is -10.8. The molecule has 0 atom stereocenters. The van der Waals surface area contributed by atoms with Gasteiger partial charge in [-0.1, -0.05) is 43.0 Å². The molecular formula is C59H50N14O5. The van der Waals surface area contributed by atoms with Crippen molar-refractivity contribution in [2.24, 2.45) is 0 Å². The van der Waals surface area contributed by atoms with Crippen molar-refractivity contribution in [3.8, 4) is 39.4 Å². The number of carbonyl (C=O) groups excluding carboxylic acids is 4. The van der Waals surface area contributed by atoms with Crippen LogP contribution in [0.4, 0.5) is 46.0 Å². The summed E-state index contributed by atoms with van der Waals surface area (Å²) in [6, 6.07) is 37.5. The quantitative estimate of drug-likeness (QED) is 0.0373. The SMILES string of the molecule is C=CC(=O)Nc1ccc(NC(=O)c2cccc(Nc3nccc(-c4cnc5[nH]cc(-c6cc(C(=O)Nc7cccc(Nc8ncc(OC)c(-c9c[nH]c%10ccccc9%10)n8)c7)ccc6NC(=O)/C=C/CN(C)C)c5c4)n3)c2)cc1. The van der Waals surface area contributed by atoms with E-state index in [1.54, 1.807) is 129 Å². The molecule has 0 radical (unpaired) electrons. The topological polar surface area (TPSA) is 249 Å². The van der Waals surface area contributed by atoms with Gasteiger partial charge in [-0.3, -0.25) is 19.2 Å². The van der Waals surface area contributed by atoms with Crippen molar-refractivity contribution in [3.05, 3.63) is 194 Å². The lowest BCUT2D eigenvalue weighted by molar-refractivity contribution is -0.112. The first-order valence-corrected chi connectivity index (χ1v) is 24.4. The molecule has 386 valence electrons. The van der Waals surface area contributed by atoms with Crippen molar-refractivity contribution in [1.29, 1.82) is 0 Å². The minimum absolute atomic E-state index is 0.272. The molecule has 19 nitrogen and oxygen atoms in total. The van der Waals surface area contributed by atoms with Crippen LogP contribution in [0.15, 0.2) is 183 Å². The maximum absolute atomic E-state index is 14.2. The molecule has 0 fully saturated rings. The van der Waals surface area contributed by atoms with E-state index in [-0.39, 0.29) is 23.7 Å². The van der Waals surface area contributed by atoms with E-state index in [1.165, 1.54) is 12.2 Å². The fourth-order valence-electron chi connectivity index (χ4n) is 8.46. The molecule has 0 aliphatic rings. The van der Waals surface area contributed by atoms with Crippen LogP contribution >= 0.6 is 0 Å². The summed E-state index contributed by atoms with van der Waals surface area (Å²) in [6.45, 7) is 4.02. The average molecular weight is 1040 g/mol. The fourth-order valence-corrected chi connectivity index (χ4v) is 8.46. The number of nitrogens with one attached hydrogen (secondary N) is 8. The number of hydrogen-bond donors (Lipinski definition) is 8. The highest BCUT2D eigenvalue weighted by molar-refractivity contribution is 6.10. The number of hydrogen-bond acceptors (Lipinski definition) is 13. The molecule has 0 saturated heterocycles. The maximum Gasteiger partial charge on any atom is 0.255 e. The van der Waals surface area contributed by atoms with Gasteiger partial charge in [0.15, 0.2) is 5.75 Å². The first-order valence-electron chi connectivity index (χ1n) is 24.4. The molecule has 10 aromatic rings. The Morgan fingerprint density at radius 1 is 0.615 bits per heavy atom. The number of nitrogens with zero attached hydrogens (tertiary/aromatic N) is 6. The van der Waals surface area contributed by atoms with E-state index in [2.05, 4.69) is 58.4 Å². The molecule has 0 spiro atoms. The summed E-state index contributed by atoms with van der Waals surface area (Å²) >= 11 is 0. The molecule has 4 amide bonds. The third kappa shape index (κ3) is 11.8. The highest BCUT2D eigenvalue weighted by atomic mass is 16.5. The van der Waals surface area contributed by atoms with Crippen LogP contribution in [0.3, 0.4) is 0 Å². The molecule has 0 unspecified atom stereocenters. The third-order valence-corrected chi connectivity index (χ3v) is 12.2. The van der Waals surface area contributed by atoms with Crippen LogP contribution in [0.1, 0.15) is 20.7 Å². The lowest BCUT2D eigenvalue weighted by Gasteiger charge is -2.14. The van der Waals surface area contributed by atoms with Crippen molar-refractivity contribution in [3.63, 3.8) is 0 Å². The molecule has 8 N–H and O–H groups in total. The number of methoxy groups -OCH3 is 1. The van der Waals surface area contributed by atoms with Gasteiger partial charge >= 0.3 is 0 Å². The molecule has 78 heavy (non-hydrogen) atoms. The highest BCUT2D eigenvalue weighted by Gasteiger charge is 2.19. The van der Waals surface area contributed by atoms with Gasteiger partial charge in [-0.15, -0.1) is 0 Å². The molecule has 5 aromatic carbocycles. The number of H-pyrrole nitrogens is 2. The molecule has 5 aromatic heterocycles. The van der Waals surface area contributed by atoms with Gasteiger partial charge in [0.05, 0.1) is 19.0 Å². The van der Waals surface area contributed by atoms with Crippen molar-refractivity contribution in [1.82, 2.24) is 39.8 Å². The Balaban J connectivity index is 0.888. The van der Waals surface area contributed by atoms with Crippen molar-refractivity contribution >= 4 is 91.6 Å². The number of anilines is 8. The zero-order chi connectivity index (χ0) is 54.1. The minimum atomic E-state index is -0.396. The number of amides is 4. The molecular weight excluding hydrogens is 985 g/mol. The normalized spacial score (nSPS) is 11.1. The monoisotopic (exact) mass is 1030 g/mol. The summed E-state index contributed by atoms with van der Waals surface area (Å²) in [5.74, 6) is -0.307. The standard InChI is InChI=1S/C59H50N14O5/c1-5-52(74)65-38-19-21-39(22-20-38)66-56(76)35-11-8-12-40(27-35)68-58-60-25-24-48(71-58)37-29-45-46(32-63-55(45)62-31-37)44-28-36(18-23-50(44)70-53(75)17-10-26-73(2)3)57(77)67-41-13-9-14-42(30-41)69-59-64-34-51(78-4)54(72-59)47-33-61-49-16-7-6-15-43(47)49/h5-25,27-34,61H,1,26H2,2-4H3,(H,62,63)(H,65,74)(H,66,76)(H,67,77)(H,70,75)(H,60,68,71)(H,64,69,72)/b17-10+. The zero-order valence-electron chi connectivity index (χ0n) is 42.4. The molecule has 10 rings (SSSR count). The summed E-state index contributed by atoms with van der Waals surface area (Å²) in [5, 5.41) is 19.7. The first-order chi connectivity index (χ1) is 38.0. The van der Waals surface area contributed by atoms with Crippen LogP contribution in [-0.2, 0) is 9.59 Å². The number of likely N-dealkylation sites (N-methyl/N-ethyl adjacent to an activating group) is 1. The van der Waals surface area contributed by atoms with Crippen LogP contribution in [0.5, 0.6) is 5.75 Å². The van der Waals surface area contributed by atoms with Crippen molar-refractivity contribution in [2.75, 3.05) is 59.7 Å². The van der Waals surface area contributed by atoms with Gasteiger partial charge in [0.2, 0.25) is 23.7 Å². The molecule has 0 saturated carbocycles.